The third-order valence-corrected chi connectivity index (χ3v) is 6.34. The molecule has 0 unspecified atom stereocenters. The Balaban J connectivity index is 1.27. The van der Waals surface area contributed by atoms with E-state index in [9.17, 15) is 0 Å². The second-order valence-electron chi connectivity index (χ2n) is 8.43. The normalized spacial score (nSPS) is 11.5. The molecule has 2 aromatic heterocycles. The lowest BCUT2D eigenvalue weighted by molar-refractivity contribution is 0.620. The quantitative estimate of drug-likeness (QED) is 0.277. The number of rotatable bonds is 3. The molecule has 3 heteroatoms. The van der Waals surface area contributed by atoms with Crippen LogP contribution >= 0.6 is 0 Å². The first-order chi connectivity index (χ1) is 16.8. The van der Waals surface area contributed by atoms with E-state index in [1.807, 2.05) is 42.5 Å². The molecule has 7 rings (SSSR count). The third kappa shape index (κ3) is 3.02. The number of oxazole rings is 1. The fourth-order valence-electron chi connectivity index (χ4n) is 4.63. The minimum atomic E-state index is 0.619. The summed E-state index contributed by atoms with van der Waals surface area (Å²) in [6.45, 7) is 0. The summed E-state index contributed by atoms with van der Waals surface area (Å²) >= 11 is 0. The van der Waals surface area contributed by atoms with Gasteiger partial charge in [-0.2, -0.15) is 0 Å². The van der Waals surface area contributed by atoms with E-state index < -0.39 is 0 Å². The molecule has 0 aliphatic carbocycles. The summed E-state index contributed by atoms with van der Waals surface area (Å²) in [6, 6.07) is 39.2. The van der Waals surface area contributed by atoms with E-state index in [0.29, 0.717) is 5.89 Å². The van der Waals surface area contributed by atoms with Gasteiger partial charge in [0.2, 0.25) is 5.89 Å². The maximum absolute atomic E-state index is 6.21. The molecule has 2 heterocycles. The second kappa shape index (κ2) is 7.46. The van der Waals surface area contributed by atoms with E-state index >= 15 is 0 Å². The van der Waals surface area contributed by atoms with E-state index in [-0.39, 0.29) is 0 Å². The highest BCUT2D eigenvalue weighted by molar-refractivity contribution is 6.09. The minimum Gasteiger partial charge on any atom is -0.455 e. The van der Waals surface area contributed by atoms with Crippen LogP contribution in [-0.4, -0.2) is 4.98 Å². The summed E-state index contributed by atoms with van der Waals surface area (Å²) in [5.74, 6) is 0.619. The van der Waals surface area contributed by atoms with Gasteiger partial charge in [-0.25, -0.2) is 4.98 Å². The summed E-state index contributed by atoms with van der Waals surface area (Å²) < 4.78 is 12.4. The Kier molecular flexibility index (Phi) is 4.15. The van der Waals surface area contributed by atoms with Crippen LogP contribution < -0.4 is 0 Å². The minimum absolute atomic E-state index is 0.619. The highest BCUT2D eigenvalue weighted by atomic mass is 16.3. The summed E-state index contributed by atoms with van der Waals surface area (Å²) in [6.07, 6.45) is 0. The van der Waals surface area contributed by atoms with Gasteiger partial charge in [0.25, 0.3) is 0 Å². The SMILES string of the molecule is c1ccc(-c2ccc3nc(-c4ccc(-c5cccc6c5oc5ccccc56)cc4)oc3c2)cc1. The summed E-state index contributed by atoms with van der Waals surface area (Å²) in [5.41, 5.74) is 8.84. The van der Waals surface area contributed by atoms with Crippen LogP contribution in [0.5, 0.6) is 0 Å². The molecule has 7 aromatic rings. The van der Waals surface area contributed by atoms with Crippen LogP contribution in [0.4, 0.5) is 0 Å². The zero-order valence-corrected chi connectivity index (χ0v) is 18.2. The van der Waals surface area contributed by atoms with Crippen molar-refractivity contribution < 1.29 is 8.83 Å². The fraction of sp³-hybridized carbons (Fsp3) is 0. The molecule has 0 saturated carbocycles. The van der Waals surface area contributed by atoms with Gasteiger partial charge in [-0.05, 0) is 47.0 Å². The highest BCUT2D eigenvalue weighted by Crippen LogP contribution is 2.36. The van der Waals surface area contributed by atoms with Crippen LogP contribution in [0.25, 0.3) is 66.7 Å². The number of para-hydroxylation sites is 2. The number of aromatic nitrogens is 1. The summed E-state index contributed by atoms with van der Waals surface area (Å²) in [7, 11) is 0. The Morgan fingerprint density at radius 3 is 2.09 bits per heavy atom. The highest BCUT2D eigenvalue weighted by Gasteiger charge is 2.13. The summed E-state index contributed by atoms with van der Waals surface area (Å²) in [5, 5.41) is 2.27. The van der Waals surface area contributed by atoms with E-state index in [0.717, 1.165) is 60.9 Å². The zero-order chi connectivity index (χ0) is 22.5. The Morgan fingerprint density at radius 2 is 1.21 bits per heavy atom. The van der Waals surface area contributed by atoms with Crippen LogP contribution in [-0.2, 0) is 0 Å². The van der Waals surface area contributed by atoms with E-state index in [1.54, 1.807) is 0 Å². The maximum atomic E-state index is 6.21. The molecule has 0 atom stereocenters. The molecule has 0 bridgehead atoms. The molecule has 5 aromatic carbocycles. The van der Waals surface area contributed by atoms with Crippen LogP contribution in [0.2, 0.25) is 0 Å². The van der Waals surface area contributed by atoms with Crippen molar-refractivity contribution >= 4 is 33.0 Å². The Labute approximate surface area is 195 Å². The van der Waals surface area contributed by atoms with Gasteiger partial charge in [0.05, 0.1) is 0 Å². The van der Waals surface area contributed by atoms with Crippen molar-refractivity contribution in [2.24, 2.45) is 0 Å². The van der Waals surface area contributed by atoms with E-state index in [1.165, 1.54) is 0 Å². The van der Waals surface area contributed by atoms with Gasteiger partial charge in [-0.15, -0.1) is 0 Å². The first kappa shape index (κ1) is 18.9. The van der Waals surface area contributed by atoms with Crippen LogP contribution in [0.15, 0.2) is 124 Å². The maximum Gasteiger partial charge on any atom is 0.227 e. The third-order valence-electron chi connectivity index (χ3n) is 6.34. The molecule has 0 amide bonds. The standard InChI is InChI=1S/C31H19NO2/c1-2-7-20(8-3-1)23-17-18-27-29(19-23)34-31(32-27)22-15-13-21(14-16-22)24-10-6-11-26-25-9-4-5-12-28(25)33-30(24)26/h1-19H. The van der Waals surface area contributed by atoms with Crippen LogP contribution in [0, 0.1) is 0 Å². The van der Waals surface area contributed by atoms with Crippen LogP contribution in [0.3, 0.4) is 0 Å². The van der Waals surface area contributed by atoms with Crippen molar-refractivity contribution in [1.82, 2.24) is 4.98 Å². The molecular weight excluding hydrogens is 418 g/mol. The van der Waals surface area contributed by atoms with E-state index in [2.05, 4.69) is 72.8 Å². The number of furan rings is 1. The molecule has 3 nitrogen and oxygen atoms in total. The van der Waals surface area contributed by atoms with E-state index in [4.69, 9.17) is 13.8 Å². The Morgan fingerprint density at radius 1 is 0.471 bits per heavy atom. The number of benzene rings is 5. The molecule has 0 aliphatic heterocycles. The smallest absolute Gasteiger partial charge is 0.227 e. The van der Waals surface area contributed by atoms with Crippen molar-refractivity contribution in [3.05, 3.63) is 115 Å². The van der Waals surface area contributed by atoms with Gasteiger partial charge in [-0.1, -0.05) is 84.9 Å². The number of nitrogens with zero attached hydrogens (tertiary/aromatic N) is 1. The Bertz CT molecular complexity index is 1790. The predicted molar refractivity (Wildman–Crippen MR) is 138 cm³/mol. The molecule has 0 saturated heterocycles. The fourth-order valence-corrected chi connectivity index (χ4v) is 4.63. The van der Waals surface area contributed by atoms with Gasteiger partial charge in [-0.3, -0.25) is 0 Å². The lowest BCUT2D eigenvalue weighted by atomic mass is 10.0. The van der Waals surface area contributed by atoms with Crippen molar-refractivity contribution in [2.45, 2.75) is 0 Å². The van der Waals surface area contributed by atoms with Gasteiger partial charge in [0.15, 0.2) is 5.58 Å². The molecule has 0 fully saturated rings. The van der Waals surface area contributed by atoms with Crippen molar-refractivity contribution in [1.29, 1.82) is 0 Å². The average Bonchev–Trinajstić information content (AvgIpc) is 3.50. The Hall–Kier alpha value is -4.63. The number of fused-ring (bicyclic) bond motifs is 4. The van der Waals surface area contributed by atoms with Gasteiger partial charge in [0.1, 0.15) is 16.7 Å². The second-order valence-corrected chi connectivity index (χ2v) is 8.43. The molecule has 160 valence electrons. The molecule has 0 radical (unpaired) electrons. The van der Waals surface area contributed by atoms with Crippen molar-refractivity contribution in [3.63, 3.8) is 0 Å². The molecule has 0 N–H and O–H groups in total. The molecule has 0 spiro atoms. The molecule has 34 heavy (non-hydrogen) atoms. The molecule has 0 aliphatic rings. The van der Waals surface area contributed by atoms with Crippen LogP contribution in [0.1, 0.15) is 0 Å². The summed E-state index contributed by atoms with van der Waals surface area (Å²) in [4.78, 5) is 4.71. The van der Waals surface area contributed by atoms with Gasteiger partial charge >= 0.3 is 0 Å². The monoisotopic (exact) mass is 437 g/mol. The first-order valence-corrected chi connectivity index (χ1v) is 11.3. The zero-order valence-electron chi connectivity index (χ0n) is 18.2. The lowest BCUT2D eigenvalue weighted by Crippen LogP contribution is -1.81. The predicted octanol–water partition coefficient (Wildman–Crippen LogP) is 8.73. The van der Waals surface area contributed by atoms with Gasteiger partial charge in [0, 0.05) is 21.9 Å². The number of hydrogen-bond donors (Lipinski definition) is 0. The largest absolute Gasteiger partial charge is 0.455 e. The molecular formula is C31H19NO2. The van der Waals surface area contributed by atoms with Crippen molar-refractivity contribution in [2.75, 3.05) is 0 Å². The van der Waals surface area contributed by atoms with Gasteiger partial charge < -0.3 is 8.83 Å². The average molecular weight is 437 g/mol. The lowest BCUT2D eigenvalue weighted by Gasteiger charge is -2.04. The first-order valence-electron chi connectivity index (χ1n) is 11.3. The topological polar surface area (TPSA) is 39.2 Å². The van der Waals surface area contributed by atoms with Crippen molar-refractivity contribution in [3.8, 4) is 33.7 Å². The number of hydrogen-bond acceptors (Lipinski definition) is 3.